The molecule has 0 saturated heterocycles. The van der Waals surface area contributed by atoms with Crippen LogP contribution in [0.3, 0.4) is 0 Å². The number of nitrogens with one attached hydrogen (secondary N) is 2. The molecular formula is C15H13F2N5O2. The molecule has 0 fully saturated rings. The number of fused-ring (bicyclic) bond motifs is 1. The fourth-order valence-corrected chi connectivity index (χ4v) is 2.24. The Morgan fingerprint density at radius 2 is 2.21 bits per heavy atom. The Bertz CT molecular complexity index is 912. The van der Waals surface area contributed by atoms with Gasteiger partial charge in [-0.05, 0) is 24.6 Å². The van der Waals surface area contributed by atoms with Crippen LogP contribution in [0.15, 0.2) is 24.4 Å². The summed E-state index contributed by atoms with van der Waals surface area (Å²) < 4.78 is 27.3. The summed E-state index contributed by atoms with van der Waals surface area (Å²) in [5.74, 6) is -2.56. The van der Waals surface area contributed by atoms with Crippen LogP contribution in [0.4, 0.5) is 14.6 Å². The molecule has 3 aromatic rings. The average Bonchev–Trinajstić information content (AvgIpc) is 2.96. The number of aliphatic carboxylic acids is 1. The topological polar surface area (TPSA) is 104 Å². The normalized spacial score (nSPS) is 12.3. The molecule has 2 aromatic heterocycles. The van der Waals surface area contributed by atoms with E-state index in [-0.39, 0.29) is 23.8 Å². The lowest BCUT2D eigenvalue weighted by atomic mass is 10.2. The highest BCUT2D eigenvalue weighted by Crippen LogP contribution is 2.25. The monoisotopic (exact) mass is 333 g/mol. The zero-order valence-corrected chi connectivity index (χ0v) is 12.5. The van der Waals surface area contributed by atoms with E-state index in [9.17, 15) is 13.6 Å². The predicted octanol–water partition coefficient (Wildman–Crippen LogP) is 2.57. The van der Waals surface area contributed by atoms with E-state index in [1.54, 1.807) is 6.92 Å². The molecular weight excluding hydrogens is 320 g/mol. The van der Waals surface area contributed by atoms with Crippen LogP contribution in [-0.4, -0.2) is 37.3 Å². The lowest BCUT2D eigenvalue weighted by Gasteiger charge is -2.13. The second kappa shape index (κ2) is 6.19. The minimum Gasteiger partial charge on any atom is -0.480 e. The summed E-state index contributed by atoms with van der Waals surface area (Å²) in [6.45, 7) is 1.65. The molecule has 2 heterocycles. The summed E-state index contributed by atoms with van der Waals surface area (Å²) in [5, 5.41) is 18.8. The Hall–Kier alpha value is -3.10. The number of carboxylic acids is 1. The van der Waals surface area contributed by atoms with Gasteiger partial charge < -0.3 is 10.4 Å². The zero-order valence-electron chi connectivity index (χ0n) is 12.5. The molecule has 0 aliphatic heterocycles. The summed E-state index contributed by atoms with van der Waals surface area (Å²) in [6, 6.07) is 3.07. The van der Waals surface area contributed by atoms with Crippen LogP contribution in [0.5, 0.6) is 0 Å². The first kappa shape index (κ1) is 15.8. The maximum absolute atomic E-state index is 13.9. The number of aromatic nitrogens is 4. The van der Waals surface area contributed by atoms with Gasteiger partial charge in [0.05, 0.1) is 11.7 Å². The summed E-state index contributed by atoms with van der Waals surface area (Å²) >= 11 is 0. The summed E-state index contributed by atoms with van der Waals surface area (Å²) in [4.78, 5) is 18.9. The molecule has 0 spiro atoms. The number of hydrogen-bond acceptors (Lipinski definition) is 5. The van der Waals surface area contributed by atoms with Crippen LogP contribution < -0.4 is 5.32 Å². The van der Waals surface area contributed by atoms with Crippen LogP contribution >= 0.6 is 0 Å². The van der Waals surface area contributed by atoms with E-state index in [1.165, 1.54) is 18.2 Å². The first-order valence-corrected chi connectivity index (χ1v) is 7.15. The smallest absolute Gasteiger partial charge is 0.326 e. The van der Waals surface area contributed by atoms with Crippen molar-refractivity contribution in [3.8, 4) is 11.5 Å². The molecule has 0 saturated carbocycles. The van der Waals surface area contributed by atoms with Crippen LogP contribution in [0, 0.1) is 11.6 Å². The molecule has 0 amide bonds. The standard InChI is InChI=1S/C15H13F2N5O2/c1-2-10(15(23)24)19-13-9(17)6-18-14(20-13)12-8-5-7(16)3-4-11(8)21-22-12/h3-6,10H,2H2,1H3,(H,21,22)(H,23,24)(H,18,19,20). The molecule has 1 unspecified atom stereocenters. The van der Waals surface area contributed by atoms with Gasteiger partial charge >= 0.3 is 5.97 Å². The number of carbonyl (C=O) groups is 1. The molecule has 0 aliphatic rings. The molecule has 0 bridgehead atoms. The quantitative estimate of drug-likeness (QED) is 0.663. The first-order chi connectivity index (χ1) is 11.5. The number of anilines is 1. The highest BCUT2D eigenvalue weighted by Gasteiger charge is 2.19. The predicted molar refractivity (Wildman–Crippen MR) is 82.4 cm³/mol. The van der Waals surface area contributed by atoms with Gasteiger partial charge in [-0.25, -0.2) is 23.5 Å². The second-order valence-electron chi connectivity index (χ2n) is 5.10. The van der Waals surface area contributed by atoms with Gasteiger partial charge in [0.2, 0.25) is 0 Å². The molecule has 0 aliphatic carbocycles. The van der Waals surface area contributed by atoms with Gasteiger partial charge in [-0.15, -0.1) is 0 Å². The van der Waals surface area contributed by atoms with Gasteiger partial charge in [0.15, 0.2) is 17.5 Å². The van der Waals surface area contributed by atoms with Crippen LogP contribution in [0.2, 0.25) is 0 Å². The SMILES string of the molecule is CCC(Nc1nc(-c2n[nH]c3ccc(F)cc23)ncc1F)C(=O)O. The number of hydrogen-bond donors (Lipinski definition) is 3. The van der Waals surface area contributed by atoms with Crippen molar-refractivity contribution in [1.82, 2.24) is 20.2 Å². The molecule has 3 rings (SSSR count). The summed E-state index contributed by atoms with van der Waals surface area (Å²) in [7, 11) is 0. The molecule has 9 heteroatoms. The Labute approximate surface area is 134 Å². The van der Waals surface area contributed by atoms with Crippen molar-refractivity contribution < 1.29 is 18.7 Å². The highest BCUT2D eigenvalue weighted by molar-refractivity contribution is 5.91. The third-order valence-electron chi connectivity index (χ3n) is 3.50. The maximum Gasteiger partial charge on any atom is 0.326 e. The van der Waals surface area contributed by atoms with Gasteiger partial charge in [-0.2, -0.15) is 5.10 Å². The molecule has 1 atom stereocenters. The lowest BCUT2D eigenvalue weighted by molar-refractivity contribution is -0.137. The van der Waals surface area contributed by atoms with E-state index in [0.29, 0.717) is 10.9 Å². The first-order valence-electron chi connectivity index (χ1n) is 7.15. The Morgan fingerprint density at radius 3 is 2.92 bits per heavy atom. The number of halogens is 2. The Morgan fingerprint density at radius 1 is 1.42 bits per heavy atom. The van der Waals surface area contributed by atoms with Crippen LogP contribution in [-0.2, 0) is 4.79 Å². The number of benzene rings is 1. The van der Waals surface area contributed by atoms with Crippen LogP contribution in [0.1, 0.15) is 13.3 Å². The Kier molecular flexibility index (Phi) is 4.07. The summed E-state index contributed by atoms with van der Waals surface area (Å²) in [5.41, 5.74) is 0.821. The van der Waals surface area contributed by atoms with Crippen molar-refractivity contribution in [1.29, 1.82) is 0 Å². The van der Waals surface area contributed by atoms with E-state index in [0.717, 1.165) is 6.20 Å². The van der Waals surface area contributed by atoms with Crippen LogP contribution in [0.25, 0.3) is 22.4 Å². The van der Waals surface area contributed by atoms with Crippen molar-refractivity contribution in [2.75, 3.05) is 5.32 Å². The van der Waals surface area contributed by atoms with Crippen molar-refractivity contribution in [3.05, 3.63) is 36.0 Å². The summed E-state index contributed by atoms with van der Waals surface area (Å²) in [6.07, 6.45) is 1.16. The Balaban J connectivity index is 2.04. The third kappa shape index (κ3) is 2.87. The number of nitrogens with zero attached hydrogens (tertiary/aromatic N) is 3. The number of H-pyrrole nitrogens is 1. The number of rotatable bonds is 5. The van der Waals surface area contributed by atoms with Crippen molar-refractivity contribution >= 4 is 22.7 Å². The molecule has 124 valence electrons. The maximum atomic E-state index is 13.9. The van der Waals surface area contributed by atoms with Gasteiger partial charge in [-0.3, -0.25) is 5.10 Å². The zero-order chi connectivity index (χ0) is 17.3. The average molecular weight is 333 g/mol. The van der Waals surface area contributed by atoms with E-state index < -0.39 is 23.6 Å². The molecule has 3 N–H and O–H groups in total. The number of aromatic amines is 1. The highest BCUT2D eigenvalue weighted by atomic mass is 19.1. The molecule has 0 radical (unpaired) electrons. The van der Waals surface area contributed by atoms with E-state index >= 15 is 0 Å². The van der Waals surface area contributed by atoms with Gasteiger partial charge in [-0.1, -0.05) is 6.92 Å². The van der Waals surface area contributed by atoms with Gasteiger partial charge in [0.1, 0.15) is 17.6 Å². The minimum atomic E-state index is -1.12. The van der Waals surface area contributed by atoms with Crippen molar-refractivity contribution in [2.24, 2.45) is 0 Å². The molecule has 1 aromatic carbocycles. The fourth-order valence-electron chi connectivity index (χ4n) is 2.24. The minimum absolute atomic E-state index is 0.0518. The van der Waals surface area contributed by atoms with Gasteiger partial charge in [0.25, 0.3) is 0 Å². The van der Waals surface area contributed by atoms with E-state index in [4.69, 9.17) is 5.11 Å². The molecule has 24 heavy (non-hydrogen) atoms. The molecule has 7 nitrogen and oxygen atoms in total. The lowest BCUT2D eigenvalue weighted by Crippen LogP contribution is -2.29. The van der Waals surface area contributed by atoms with Crippen molar-refractivity contribution in [3.63, 3.8) is 0 Å². The van der Waals surface area contributed by atoms with Crippen molar-refractivity contribution in [2.45, 2.75) is 19.4 Å². The second-order valence-corrected chi connectivity index (χ2v) is 5.10. The van der Waals surface area contributed by atoms with E-state index in [2.05, 4.69) is 25.5 Å². The fraction of sp³-hybridized carbons (Fsp3) is 0.200. The largest absolute Gasteiger partial charge is 0.480 e. The number of carboxylic acid groups (broad SMARTS) is 1. The third-order valence-corrected chi connectivity index (χ3v) is 3.50. The van der Waals surface area contributed by atoms with E-state index in [1.807, 2.05) is 0 Å². The van der Waals surface area contributed by atoms with Gasteiger partial charge in [0, 0.05) is 5.39 Å².